The van der Waals surface area contributed by atoms with Gasteiger partial charge in [-0.3, -0.25) is 0 Å². The van der Waals surface area contributed by atoms with Crippen molar-refractivity contribution in [1.82, 2.24) is 9.97 Å². The highest BCUT2D eigenvalue weighted by Crippen LogP contribution is 2.32. The quantitative estimate of drug-likeness (QED) is 0.656. The second kappa shape index (κ2) is 4.35. The van der Waals surface area contributed by atoms with Crippen molar-refractivity contribution in [1.29, 1.82) is 0 Å². The SMILES string of the molecule is Cc1nc(Cl)c(-c2cc3cccc(C)c3o2)nc1C. The molecule has 19 heavy (non-hydrogen) atoms. The lowest BCUT2D eigenvalue weighted by atomic mass is 10.2. The van der Waals surface area contributed by atoms with Crippen LogP contribution in [-0.2, 0) is 0 Å². The predicted molar refractivity (Wildman–Crippen MR) is 76.5 cm³/mol. The Bertz CT molecular complexity index is 777. The molecule has 0 N–H and O–H groups in total. The van der Waals surface area contributed by atoms with E-state index < -0.39 is 0 Å². The van der Waals surface area contributed by atoms with Crippen LogP contribution in [0.3, 0.4) is 0 Å². The maximum atomic E-state index is 6.17. The van der Waals surface area contributed by atoms with E-state index in [2.05, 4.69) is 9.97 Å². The van der Waals surface area contributed by atoms with Crippen molar-refractivity contribution in [2.45, 2.75) is 20.8 Å². The average Bonchev–Trinajstić information content (AvgIpc) is 2.79. The van der Waals surface area contributed by atoms with Crippen molar-refractivity contribution in [3.05, 3.63) is 46.4 Å². The Kier molecular flexibility index (Phi) is 2.79. The molecule has 0 fully saturated rings. The summed E-state index contributed by atoms with van der Waals surface area (Å²) in [7, 11) is 0. The second-order valence-corrected chi connectivity index (χ2v) is 5.00. The third kappa shape index (κ3) is 2.00. The van der Waals surface area contributed by atoms with Crippen LogP contribution in [0.25, 0.3) is 22.4 Å². The fourth-order valence-electron chi connectivity index (χ4n) is 2.06. The normalized spacial score (nSPS) is 11.2. The Morgan fingerprint density at radius 3 is 2.53 bits per heavy atom. The first-order chi connectivity index (χ1) is 9.06. The number of fused-ring (bicyclic) bond motifs is 1. The molecule has 0 saturated carbocycles. The molecule has 0 aliphatic carbocycles. The molecule has 3 nitrogen and oxygen atoms in total. The number of halogens is 1. The number of hydrogen-bond donors (Lipinski definition) is 0. The van der Waals surface area contributed by atoms with Crippen LogP contribution >= 0.6 is 11.6 Å². The summed E-state index contributed by atoms with van der Waals surface area (Å²) in [6, 6.07) is 7.98. The maximum absolute atomic E-state index is 6.17. The molecule has 0 bridgehead atoms. The van der Waals surface area contributed by atoms with Crippen molar-refractivity contribution in [3.63, 3.8) is 0 Å². The van der Waals surface area contributed by atoms with E-state index >= 15 is 0 Å². The first kappa shape index (κ1) is 12.2. The third-order valence-corrected chi connectivity index (χ3v) is 3.50. The molecule has 0 saturated heterocycles. The number of hydrogen-bond acceptors (Lipinski definition) is 3. The van der Waals surface area contributed by atoms with E-state index in [1.165, 1.54) is 0 Å². The van der Waals surface area contributed by atoms with Gasteiger partial charge in [0, 0.05) is 5.39 Å². The van der Waals surface area contributed by atoms with Crippen LogP contribution in [-0.4, -0.2) is 9.97 Å². The van der Waals surface area contributed by atoms with Gasteiger partial charge in [0.1, 0.15) is 11.3 Å². The molecule has 0 amide bonds. The summed E-state index contributed by atoms with van der Waals surface area (Å²) in [5.41, 5.74) is 4.25. The van der Waals surface area contributed by atoms with Crippen LogP contribution in [0.2, 0.25) is 5.15 Å². The molecule has 0 aliphatic heterocycles. The molecule has 3 aromatic rings. The summed E-state index contributed by atoms with van der Waals surface area (Å²) >= 11 is 6.17. The van der Waals surface area contributed by atoms with Crippen LogP contribution in [0.5, 0.6) is 0 Å². The standard InChI is InChI=1S/C15H13ClN2O/c1-8-5-4-6-11-7-12(19-14(8)11)13-15(16)18-10(3)9(2)17-13/h4-7H,1-3H3. The number of nitrogens with zero attached hydrogens (tertiary/aromatic N) is 2. The zero-order chi connectivity index (χ0) is 13.6. The highest BCUT2D eigenvalue weighted by atomic mass is 35.5. The van der Waals surface area contributed by atoms with Crippen molar-refractivity contribution in [2.75, 3.05) is 0 Å². The average molecular weight is 273 g/mol. The van der Waals surface area contributed by atoms with E-state index in [1.807, 2.05) is 45.0 Å². The molecular formula is C15H13ClN2O. The van der Waals surface area contributed by atoms with Crippen molar-refractivity contribution >= 4 is 22.6 Å². The summed E-state index contributed by atoms with van der Waals surface area (Å²) in [5, 5.41) is 1.42. The Morgan fingerprint density at radius 2 is 1.79 bits per heavy atom. The van der Waals surface area contributed by atoms with E-state index in [0.717, 1.165) is 27.9 Å². The Hall–Kier alpha value is -1.87. The molecule has 0 spiro atoms. The van der Waals surface area contributed by atoms with Gasteiger partial charge in [-0.15, -0.1) is 0 Å². The van der Waals surface area contributed by atoms with Gasteiger partial charge in [0.2, 0.25) is 0 Å². The van der Waals surface area contributed by atoms with Crippen LogP contribution in [0.1, 0.15) is 17.0 Å². The molecule has 4 heteroatoms. The minimum Gasteiger partial charge on any atom is -0.454 e. The summed E-state index contributed by atoms with van der Waals surface area (Å²) < 4.78 is 5.87. The van der Waals surface area contributed by atoms with E-state index in [1.54, 1.807) is 0 Å². The number of aromatic nitrogens is 2. The predicted octanol–water partition coefficient (Wildman–Crippen LogP) is 4.47. The van der Waals surface area contributed by atoms with Gasteiger partial charge in [-0.05, 0) is 32.4 Å². The fraction of sp³-hybridized carbons (Fsp3) is 0.200. The summed E-state index contributed by atoms with van der Waals surface area (Å²) in [6.45, 7) is 5.82. The highest BCUT2D eigenvalue weighted by molar-refractivity contribution is 6.31. The number of benzene rings is 1. The summed E-state index contributed by atoms with van der Waals surface area (Å²) in [5.74, 6) is 0.657. The van der Waals surface area contributed by atoms with E-state index in [0.29, 0.717) is 16.6 Å². The van der Waals surface area contributed by atoms with Gasteiger partial charge in [-0.25, -0.2) is 9.97 Å². The minimum atomic E-state index is 0.375. The Balaban J connectivity index is 2.25. The van der Waals surface area contributed by atoms with Gasteiger partial charge in [0.25, 0.3) is 0 Å². The first-order valence-corrected chi connectivity index (χ1v) is 6.44. The van der Waals surface area contributed by atoms with Crippen LogP contribution < -0.4 is 0 Å². The van der Waals surface area contributed by atoms with Gasteiger partial charge in [-0.1, -0.05) is 29.8 Å². The molecule has 0 aliphatic rings. The summed E-state index contributed by atoms with van der Waals surface area (Å²) in [6.07, 6.45) is 0. The summed E-state index contributed by atoms with van der Waals surface area (Å²) in [4.78, 5) is 8.76. The monoisotopic (exact) mass is 272 g/mol. The van der Waals surface area contributed by atoms with Gasteiger partial charge in [0.15, 0.2) is 10.9 Å². The number of aryl methyl sites for hydroxylation is 3. The molecule has 0 unspecified atom stereocenters. The zero-order valence-corrected chi connectivity index (χ0v) is 11.7. The van der Waals surface area contributed by atoms with Crippen molar-refractivity contribution < 1.29 is 4.42 Å². The molecule has 96 valence electrons. The molecular weight excluding hydrogens is 260 g/mol. The Morgan fingerprint density at radius 1 is 1.05 bits per heavy atom. The topological polar surface area (TPSA) is 38.9 Å². The van der Waals surface area contributed by atoms with Crippen LogP contribution in [0.4, 0.5) is 0 Å². The number of rotatable bonds is 1. The minimum absolute atomic E-state index is 0.375. The molecule has 2 heterocycles. The molecule has 0 atom stereocenters. The van der Waals surface area contributed by atoms with Gasteiger partial charge in [0.05, 0.1) is 11.4 Å². The van der Waals surface area contributed by atoms with E-state index in [-0.39, 0.29) is 0 Å². The van der Waals surface area contributed by atoms with Gasteiger partial charge in [-0.2, -0.15) is 0 Å². The number of para-hydroxylation sites is 1. The smallest absolute Gasteiger partial charge is 0.158 e. The van der Waals surface area contributed by atoms with E-state index in [4.69, 9.17) is 16.0 Å². The molecule has 3 rings (SSSR count). The maximum Gasteiger partial charge on any atom is 0.158 e. The second-order valence-electron chi connectivity index (χ2n) is 4.64. The highest BCUT2D eigenvalue weighted by Gasteiger charge is 2.14. The van der Waals surface area contributed by atoms with Gasteiger partial charge >= 0.3 is 0 Å². The molecule has 0 radical (unpaired) electrons. The lowest BCUT2D eigenvalue weighted by Gasteiger charge is -2.03. The lowest BCUT2D eigenvalue weighted by molar-refractivity contribution is 0.625. The molecule has 1 aromatic carbocycles. The van der Waals surface area contributed by atoms with E-state index in [9.17, 15) is 0 Å². The zero-order valence-electron chi connectivity index (χ0n) is 11.0. The lowest BCUT2D eigenvalue weighted by Crippen LogP contribution is -1.95. The third-order valence-electron chi connectivity index (χ3n) is 3.24. The largest absolute Gasteiger partial charge is 0.454 e. The van der Waals surface area contributed by atoms with Crippen LogP contribution in [0, 0.1) is 20.8 Å². The molecule has 2 aromatic heterocycles. The van der Waals surface area contributed by atoms with Crippen LogP contribution in [0.15, 0.2) is 28.7 Å². The first-order valence-electron chi connectivity index (χ1n) is 6.06. The van der Waals surface area contributed by atoms with Crippen molar-refractivity contribution in [3.8, 4) is 11.5 Å². The van der Waals surface area contributed by atoms with Gasteiger partial charge < -0.3 is 4.42 Å². The fourth-order valence-corrected chi connectivity index (χ4v) is 2.32. The Labute approximate surface area is 116 Å². The number of furan rings is 1. The van der Waals surface area contributed by atoms with Crippen molar-refractivity contribution in [2.24, 2.45) is 0 Å².